The van der Waals surface area contributed by atoms with E-state index in [2.05, 4.69) is 20.6 Å². The first-order valence-electron chi connectivity index (χ1n) is 6.44. The number of rotatable bonds is 6. The first-order chi connectivity index (χ1) is 9.17. The lowest BCUT2D eigenvalue weighted by Gasteiger charge is -2.38. The zero-order valence-corrected chi connectivity index (χ0v) is 12.3. The van der Waals surface area contributed by atoms with Crippen LogP contribution in [0.4, 0.5) is 4.79 Å². The van der Waals surface area contributed by atoms with Crippen LogP contribution in [0.5, 0.6) is 0 Å². The van der Waals surface area contributed by atoms with Crippen molar-refractivity contribution in [2.24, 2.45) is 5.41 Å². The fourth-order valence-corrected chi connectivity index (χ4v) is 1.48. The predicted octanol–water partition coefficient (Wildman–Crippen LogP) is 1.14. The van der Waals surface area contributed by atoms with Crippen molar-refractivity contribution in [2.75, 3.05) is 6.54 Å². The van der Waals surface area contributed by atoms with Crippen LogP contribution >= 0.6 is 0 Å². The third-order valence-electron chi connectivity index (χ3n) is 3.73. The quantitative estimate of drug-likeness (QED) is 0.627. The smallest absolute Gasteiger partial charge is 0.315 e. The van der Waals surface area contributed by atoms with Gasteiger partial charge in [0.1, 0.15) is 5.82 Å². The van der Waals surface area contributed by atoms with Crippen LogP contribution in [0.2, 0.25) is 0 Å². The van der Waals surface area contributed by atoms with E-state index in [4.69, 9.17) is 0 Å². The van der Waals surface area contributed by atoms with Crippen LogP contribution < -0.4 is 10.6 Å². The molecule has 1 aromatic rings. The summed E-state index contributed by atoms with van der Waals surface area (Å²) in [5, 5.41) is 14.6. The van der Waals surface area contributed by atoms with Gasteiger partial charge in [-0.05, 0) is 27.7 Å². The van der Waals surface area contributed by atoms with Gasteiger partial charge in [-0.1, -0.05) is 0 Å². The molecule has 1 aromatic heterocycles. The Hall–Kier alpha value is -2.05. The summed E-state index contributed by atoms with van der Waals surface area (Å²) in [4.78, 5) is 30.0. The molecule has 0 saturated carbocycles. The second-order valence-corrected chi connectivity index (χ2v) is 5.72. The summed E-state index contributed by atoms with van der Waals surface area (Å²) >= 11 is 0. The number of carbonyl (C=O) groups is 2. The van der Waals surface area contributed by atoms with Crippen LogP contribution in [0.25, 0.3) is 0 Å². The maximum atomic E-state index is 11.8. The molecular formula is C13H22N4O3. The Bertz CT molecular complexity index is 466. The first kappa shape index (κ1) is 16.0. The van der Waals surface area contributed by atoms with E-state index in [1.54, 1.807) is 40.1 Å². The van der Waals surface area contributed by atoms with Crippen molar-refractivity contribution in [3.8, 4) is 0 Å². The number of nitrogens with one attached hydrogen (secondary N) is 3. The Balaban J connectivity index is 2.47. The molecule has 20 heavy (non-hydrogen) atoms. The van der Waals surface area contributed by atoms with E-state index in [0.29, 0.717) is 13.0 Å². The topological polar surface area (TPSA) is 107 Å². The van der Waals surface area contributed by atoms with E-state index in [1.807, 2.05) is 0 Å². The number of carbonyl (C=O) groups excluding carboxylic acids is 1. The molecule has 1 rings (SSSR count). The number of carboxylic acid groups (broad SMARTS) is 1. The van der Waals surface area contributed by atoms with E-state index in [-0.39, 0.29) is 0 Å². The largest absolute Gasteiger partial charge is 0.481 e. The molecule has 0 atom stereocenters. The van der Waals surface area contributed by atoms with Crippen LogP contribution in [-0.2, 0) is 11.2 Å². The van der Waals surface area contributed by atoms with Crippen LogP contribution in [0.1, 0.15) is 33.5 Å². The van der Waals surface area contributed by atoms with Gasteiger partial charge in [-0.15, -0.1) is 0 Å². The highest BCUT2D eigenvalue weighted by Crippen LogP contribution is 2.30. The van der Waals surface area contributed by atoms with Crippen molar-refractivity contribution >= 4 is 12.0 Å². The number of amides is 2. The summed E-state index contributed by atoms with van der Waals surface area (Å²) in [5.74, 6) is -0.172. The van der Waals surface area contributed by atoms with Gasteiger partial charge < -0.3 is 20.7 Å². The number of aliphatic carboxylic acids is 1. The van der Waals surface area contributed by atoms with E-state index < -0.39 is 23.0 Å². The molecule has 0 fully saturated rings. The normalized spacial score (nSPS) is 12.0. The fourth-order valence-electron chi connectivity index (χ4n) is 1.48. The van der Waals surface area contributed by atoms with E-state index in [1.165, 1.54) is 0 Å². The Kier molecular flexibility index (Phi) is 4.75. The molecule has 112 valence electrons. The molecule has 7 heteroatoms. The molecule has 0 unspecified atom stereocenters. The fraction of sp³-hybridized carbons (Fsp3) is 0.615. The molecular weight excluding hydrogens is 260 g/mol. The summed E-state index contributed by atoms with van der Waals surface area (Å²) in [6.07, 6.45) is 3.95. The minimum atomic E-state index is -1.08. The first-order valence-corrected chi connectivity index (χ1v) is 6.44. The highest BCUT2D eigenvalue weighted by molar-refractivity contribution is 5.79. The Morgan fingerprint density at radius 3 is 2.50 bits per heavy atom. The van der Waals surface area contributed by atoms with Crippen molar-refractivity contribution in [3.05, 3.63) is 18.2 Å². The van der Waals surface area contributed by atoms with E-state index in [0.717, 1.165) is 5.82 Å². The van der Waals surface area contributed by atoms with Crippen molar-refractivity contribution < 1.29 is 14.7 Å². The lowest BCUT2D eigenvalue weighted by Crippen LogP contribution is -2.59. The number of H-pyrrole nitrogens is 1. The van der Waals surface area contributed by atoms with Gasteiger partial charge in [0, 0.05) is 25.4 Å². The minimum absolute atomic E-state index is 0.393. The summed E-state index contributed by atoms with van der Waals surface area (Å²) in [6, 6.07) is -0.393. The van der Waals surface area contributed by atoms with E-state index in [9.17, 15) is 14.7 Å². The lowest BCUT2D eigenvalue weighted by atomic mass is 9.74. The highest BCUT2D eigenvalue weighted by Gasteiger charge is 2.44. The SMILES string of the molecule is CC(C)(NC(=O)NCCc1ncc[nH]1)C(C)(C)C(=O)O. The molecule has 0 aromatic carbocycles. The molecule has 2 amide bonds. The average Bonchev–Trinajstić information content (AvgIpc) is 2.80. The van der Waals surface area contributed by atoms with Gasteiger partial charge >= 0.3 is 12.0 Å². The summed E-state index contributed by atoms with van der Waals surface area (Å²) in [5.41, 5.74) is -1.96. The van der Waals surface area contributed by atoms with Crippen LogP contribution in [0, 0.1) is 5.41 Å². The van der Waals surface area contributed by atoms with E-state index >= 15 is 0 Å². The summed E-state index contributed by atoms with van der Waals surface area (Å²) < 4.78 is 0. The summed E-state index contributed by atoms with van der Waals surface area (Å²) in [7, 11) is 0. The molecule has 4 N–H and O–H groups in total. The number of hydrogen-bond donors (Lipinski definition) is 4. The molecule has 0 saturated heterocycles. The van der Waals surface area contributed by atoms with Gasteiger partial charge in [0.15, 0.2) is 0 Å². The maximum absolute atomic E-state index is 11.8. The number of hydrogen-bond acceptors (Lipinski definition) is 3. The van der Waals surface area contributed by atoms with Crippen LogP contribution in [-0.4, -0.2) is 39.2 Å². The van der Waals surface area contributed by atoms with Crippen molar-refractivity contribution in [1.82, 2.24) is 20.6 Å². The molecule has 7 nitrogen and oxygen atoms in total. The predicted molar refractivity (Wildman–Crippen MR) is 74.3 cm³/mol. The van der Waals surface area contributed by atoms with Gasteiger partial charge in [0.2, 0.25) is 0 Å². The molecule has 0 radical (unpaired) electrons. The van der Waals surface area contributed by atoms with Gasteiger partial charge in [-0.3, -0.25) is 4.79 Å². The summed E-state index contributed by atoms with van der Waals surface area (Å²) in [6.45, 7) is 6.96. The van der Waals surface area contributed by atoms with Crippen LogP contribution in [0.15, 0.2) is 12.4 Å². The number of imidazole rings is 1. The molecule has 0 aliphatic carbocycles. The Morgan fingerprint density at radius 1 is 1.35 bits per heavy atom. The van der Waals surface area contributed by atoms with Gasteiger partial charge in [-0.2, -0.15) is 0 Å². The number of carboxylic acids is 1. The zero-order valence-electron chi connectivity index (χ0n) is 12.3. The van der Waals surface area contributed by atoms with Crippen molar-refractivity contribution in [2.45, 2.75) is 39.7 Å². The number of aromatic nitrogens is 2. The monoisotopic (exact) mass is 282 g/mol. The molecule has 0 spiro atoms. The molecule has 0 aliphatic heterocycles. The highest BCUT2D eigenvalue weighted by atomic mass is 16.4. The van der Waals surface area contributed by atoms with Gasteiger partial charge in [0.05, 0.1) is 11.0 Å². The molecule has 0 aliphatic rings. The van der Waals surface area contributed by atoms with Crippen molar-refractivity contribution in [1.29, 1.82) is 0 Å². The zero-order chi connectivity index (χ0) is 15.4. The molecule has 0 bridgehead atoms. The number of aromatic amines is 1. The number of nitrogens with zero attached hydrogens (tertiary/aromatic N) is 1. The van der Waals surface area contributed by atoms with Gasteiger partial charge in [0.25, 0.3) is 0 Å². The second-order valence-electron chi connectivity index (χ2n) is 5.72. The Morgan fingerprint density at radius 2 is 2.00 bits per heavy atom. The van der Waals surface area contributed by atoms with Crippen molar-refractivity contribution in [3.63, 3.8) is 0 Å². The third-order valence-corrected chi connectivity index (χ3v) is 3.73. The lowest BCUT2D eigenvalue weighted by molar-refractivity contribution is -0.150. The maximum Gasteiger partial charge on any atom is 0.315 e. The number of urea groups is 1. The molecule has 1 heterocycles. The van der Waals surface area contributed by atoms with Gasteiger partial charge in [-0.25, -0.2) is 9.78 Å². The average molecular weight is 282 g/mol. The second kappa shape index (κ2) is 5.94. The minimum Gasteiger partial charge on any atom is -0.481 e. The van der Waals surface area contributed by atoms with Crippen LogP contribution in [0.3, 0.4) is 0 Å². The Labute approximate surface area is 118 Å². The standard InChI is InChI=1S/C13H22N4O3/c1-12(2,10(18)19)13(3,4)17-11(20)16-6-5-9-14-7-8-15-9/h7-8H,5-6H2,1-4H3,(H,14,15)(H,18,19)(H2,16,17,20). The third kappa shape index (κ3) is 3.72.